The normalized spacial score (nSPS) is 21.5. The second-order valence-electron chi connectivity index (χ2n) is 11.0. The number of nitrogens with one attached hydrogen (secondary N) is 1. The third-order valence-corrected chi connectivity index (χ3v) is 10.0. The lowest BCUT2D eigenvalue weighted by molar-refractivity contribution is -0.114. The Bertz CT molecular complexity index is 1580. The van der Waals surface area contributed by atoms with Gasteiger partial charge in [-0.1, -0.05) is 24.3 Å². The van der Waals surface area contributed by atoms with Gasteiger partial charge in [0.2, 0.25) is 15.9 Å². The van der Waals surface area contributed by atoms with E-state index in [1.807, 2.05) is 34.9 Å². The third-order valence-electron chi connectivity index (χ3n) is 8.19. The lowest BCUT2D eigenvalue weighted by atomic mass is 9.83. The summed E-state index contributed by atoms with van der Waals surface area (Å²) < 4.78 is 36.0. The van der Waals surface area contributed by atoms with Crippen molar-refractivity contribution in [1.29, 1.82) is 0 Å². The van der Waals surface area contributed by atoms with Crippen molar-refractivity contribution in [1.82, 2.24) is 13.8 Å². The average molecular weight is 563 g/mol. The predicted octanol–water partition coefficient (Wildman–Crippen LogP) is 3.11. The highest BCUT2D eigenvalue weighted by atomic mass is 32.2. The molecule has 1 amide bonds. The van der Waals surface area contributed by atoms with Gasteiger partial charge < -0.3 is 14.6 Å². The summed E-state index contributed by atoms with van der Waals surface area (Å²) in [4.78, 5) is 27.7. The second-order valence-corrected chi connectivity index (χ2v) is 12.9. The fourth-order valence-electron chi connectivity index (χ4n) is 6.29. The van der Waals surface area contributed by atoms with Crippen LogP contribution >= 0.6 is 0 Å². The molecule has 0 radical (unpaired) electrons. The molecule has 3 aromatic rings. The number of hydrogen-bond donors (Lipinski definition) is 1. The summed E-state index contributed by atoms with van der Waals surface area (Å²) in [6.07, 6.45) is 0.861. The number of anilines is 1. The molecular formula is C30H34N4O5S. The highest BCUT2D eigenvalue weighted by Crippen LogP contribution is 2.38. The molecule has 0 spiro atoms. The molecule has 9 nitrogen and oxygen atoms in total. The molecular weight excluding hydrogens is 528 g/mol. The highest BCUT2D eigenvalue weighted by Gasteiger charge is 2.40. The maximum atomic E-state index is 13.9. The summed E-state index contributed by atoms with van der Waals surface area (Å²) in [6.45, 7) is 6.58. The molecule has 1 N–H and O–H groups in total. The number of benzene rings is 2. The van der Waals surface area contributed by atoms with Gasteiger partial charge in [-0.05, 0) is 59.9 Å². The molecule has 0 aliphatic carbocycles. The smallest absolute Gasteiger partial charge is 0.258 e. The first kappa shape index (κ1) is 26.9. The Labute approximate surface area is 234 Å². The molecule has 4 heterocycles. The standard InChI is InChI=1S/C30H34N4O5S/c1-21(35)31-25-6-8-26(9-7-25)40(37,38)33-17-22-16-24(20-33)29-11-10-28(30(36)34(29)18-22)27-5-3-2-4-23(27)19-32-12-14-39-15-13-32/h2-11,22,24H,12-20H2,1H3,(H,31,35). The van der Waals surface area contributed by atoms with Crippen LogP contribution in [-0.4, -0.2) is 67.5 Å². The van der Waals surface area contributed by atoms with Gasteiger partial charge in [0.15, 0.2) is 0 Å². The van der Waals surface area contributed by atoms with Crippen molar-refractivity contribution in [3.05, 3.63) is 82.3 Å². The number of ether oxygens (including phenoxy) is 1. The Kier molecular flexibility index (Phi) is 7.35. The van der Waals surface area contributed by atoms with Crippen molar-refractivity contribution in [2.24, 2.45) is 5.92 Å². The maximum Gasteiger partial charge on any atom is 0.258 e. The molecule has 3 aliphatic heterocycles. The Morgan fingerprint density at radius 2 is 1.70 bits per heavy atom. The minimum Gasteiger partial charge on any atom is -0.379 e. The van der Waals surface area contributed by atoms with E-state index in [-0.39, 0.29) is 28.2 Å². The number of nitrogens with zero attached hydrogens (tertiary/aromatic N) is 3. The molecule has 2 bridgehead atoms. The largest absolute Gasteiger partial charge is 0.379 e. The molecule has 10 heteroatoms. The number of piperidine rings is 1. The van der Waals surface area contributed by atoms with Gasteiger partial charge in [-0.2, -0.15) is 4.31 Å². The van der Waals surface area contributed by atoms with Gasteiger partial charge in [-0.15, -0.1) is 0 Å². The zero-order valence-electron chi connectivity index (χ0n) is 22.6. The van der Waals surface area contributed by atoms with Gasteiger partial charge in [-0.3, -0.25) is 14.5 Å². The molecule has 3 aliphatic rings. The van der Waals surface area contributed by atoms with Gasteiger partial charge in [0.1, 0.15) is 0 Å². The fourth-order valence-corrected chi connectivity index (χ4v) is 7.85. The number of carbonyl (C=O) groups excluding carboxylic acids is 1. The first-order valence-electron chi connectivity index (χ1n) is 13.8. The number of rotatable bonds is 6. The quantitative estimate of drug-likeness (QED) is 0.496. The summed E-state index contributed by atoms with van der Waals surface area (Å²) in [5, 5.41) is 2.66. The van der Waals surface area contributed by atoms with Crippen molar-refractivity contribution in [3.63, 3.8) is 0 Å². The van der Waals surface area contributed by atoms with Gasteiger partial charge in [0.05, 0.1) is 18.1 Å². The number of sulfonamides is 1. The Hall–Kier alpha value is -3.31. The first-order valence-corrected chi connectivity index (χ1v) is 15.2. The molecule has 6 rings (SSSR count). The van der Waals surface area contributed by atoms with Crippen LogP contribution in [0.4, 0.5) is 5.69 Å². The second kappa shape index (κ2) is 10.9. The van der Waals surface area contributed by atoms with Gasteiger partial charge in [0.25, 0.3) is 5.56 Å². The fraction of sp³-hybridized carbons (Fsp3) is 0.400. The summed E-state index contributed by atoms with van der Waals surface area (Å²) in [6, 6.07) is 18.3. The molecule has 2 fully saturated rings. The highest BCUT2D eigenvalue weighted by molar-refractivity contribution is 7.89. The predicted molar refractivity (Wildman–Crippen MR) is 153 cm³/mol. The molecule has 0 saturated carbocycles. The zero-order chi connectivity index (χ0) is 27.9. The van der Waals surface area contributed by atoms with E-state index in [9.17, 15) is 18.0 Å². The van der Waals surface area contributed by atoms with Crippen LogP contribution in [0.15, 0.2) is 70.4 Å². The Morgan fingerprint density at radius 1 is 0.950 bits per heavy atom. The van der Waals surface area contributed by atoms with Crippen LogP contribution in [0.5, 0.6) is 0 Å². The van der Waals surface area contributed by atoms with Gasteiger partial charge in [0, 0.05) is 69.1 Å². The number of aromatic nitrogens is 1. The van der Waals surface area contributed by atoms with Crippen LogP contribution in [0.1, 0.15) is 30.5 Å². The first-order chi connectivity index (χ1) is 19.3. The van der Waals surface area contributed by atoms with E-state index in [4.69, 9.17) is 4.74 Å². The van der Waals surface area contributed by atoms with Crippen LogP contribution in [0.3, 0.4) is 0 Å². The zero-order valence-corrected chi connectivity index (χ0v) is 23.4. The number of pyridine rings is 1. The third kappa shape index (κ3) is 5.24. The maximum absolute atomic E-state index is 13.9. The van der Waals surface area contributed by atoms with Crippen molar-refractivity contribution >= 4 is 21.6 Å². The van der Waals surface area contributed by atoms with E-state index in [1.165, 1.54) is 19.1 Å². The lowest BCUT2D eigenvalue weighted by Gasteiger charge is -2.42. The van der Waals surface area contributed by atoms with Crippen molar-refractivity contribution in [3.8, 4) is 11.1 Å². The van der Waals surface area contributed by atoms with Crippen LogP contribution < -0.4 is 10.9 Å². The minimum atomic E-state index is -3.71. The Balaban J connectivity index is 1.26. The number of carbonyl (C=O) groups is 1. The molecule has 2 atom stereocenters. The molecule has 2 unspecified atom stereocenters. The van der Waals surface area contributed by atoms with Crippen LogP contribution in [0.2, 0.25) is 0 Å². The van der Waals surface area contributed by atoms with Gasteiger partial charge >= 0.3 is 0 Å². The number of morpholine rings is 1. The van der Waals surface area contributed by atoms with Crippen LogP contribution in [-0.2, 0) is 32.6 Å². The number of amides is 1. The monoisotopic (exact) mass is 562 g/mol. The average Bonchev–Trinajstić information content (AvgIpc) is 2.95. The van der Waals surface area contributed by atoms with E-state index in [1.54, 1.807) is 16.4 Å². The molecule has 1 aromatic heterocycles. The minimum absolute atomic E-state index is 0.00788. The summed E-state index contributed by atoms with van der Waals surface area (Å²) in [5.41, 5.74) is 4.22. The van der Waals surface area contributed by atoms with E-state index < -0.39 is 10.0 Å². The topological polar surface area (TPSA) is 101 Å². The van der Waals surface area contributed by atoms with Crippen molar-refractivity contribution in [2.45, 2.75) is 37.2 Å². The van der Waals surface area contributed by atoms with E-state index in [0.29, 0.717) is 30.9 Å². The molecule has 210 valence electrons. The van der Waals surface area contributed by atoms with E-state index in [2.05, 4.69) is 16.3 Å². The summed E-state index contributed by atoms with van der Waals surface area (Å²) in [7, 11) is -3.71. The van der Waals surface area contributed by atoms with Crippen molar-refractivity contribution in [2.75, 3.05) is 44.7 Å². The van der Waals surface area contributed by atoms with Crippen LogP contribution in [0.25, 0.3) is 11.1 Å². The molecule has 40 heavy (non-hydrogen) atoms. The van der Waals surface area contributed by atoms with Gasteiger partial charge in [-0.25, -0.2) is 8.42 Å². The lowest BCUT2D eigenvalue weighted by Crippen LogP contribution is -2.49. The van der Waals surface area contributed by atoms with Crippen LogP contribution in [0, 0.1) is 5.92 Å². The van der Waals surface area contributed by atoms with E-state index in [0.717, 1.165) is 56.1 Å². The van der Waals surface area contributed by atoms with E-state index >= 15 is 0 Å². The molecule has 2 saturated heterocycles. The summed E-state index contributed by atoms with van der Waals surface area (Å²) in [5.74, 6) is -0.209. The Morgan fingerprint density at radius 3 is 2.45 bits per heavy atom. The number of fused-ring (bicyclic) bond motifs is 4. The number of hydrogen-bond acceptors (Lipinski definition) is 6. The SMILES string of the molecule is CC(=O)Nc1ccc(S(=O)(=O)N2CC3CC(C2)c2ccc(-c4ccccc4CN4CCOCC4)c(=O)n2C3)cc1. The van der Waals surface area contributed by atoms with Crippen molar-refractivity contribution < 1.29 is 17.9 Å². The summed E-state index contributed by atoms with van der Waals surface area (Å²) >= 11 is 0. The molecule has 2 aromatic carbocycles.